The number of methoxy groups -OCH3 is 1. The average molecular weight is 276 g/mol. The summed E-state index contributed by atoms with van der Waals surface area (Å²) in [6.07, 6.45) is -2.70. The molecule has 0 aliphatic carbocycles. The van der Waals surface area contributed by atoms with Crippen LogP contribution in [0, 0.1) is 5.82 Å². The van der Waals surface area contributed by atoms with Crippen LogP contribution in [0.1, 0.15) is 10.4 Å². The van der Waals surface area contributed by atoms with Gasteiger partial charge in [0.05, 0.1) is 19.2 Å². The first kappa shape index (κ1) is 15.3. The Morgan fingerprint density at radius 2 is 2.16 bits per heavy atom. The van der Waals surface area contributed by atoms with E-state index in [1.165, 1.54) is 19.2 Å². The van der Waals surface area contributed by atoms with E-state index in [9.17, 15) is 18.0 Å². The summed E-state index contributed by atoms with van der Waals surface area (Å²) in [5.74, 6) is -1.39. The topological polar surface area (TPSA) is 55.6 Å². The van der Waals surface area contributed by atoms with Crippen molar-refractivity contribution in [2.24, 2.45) is 5.73 Å². The fourth-order valence-electron chi connectivity index (χ4n) is 1.56. The second-order valence-electron chi connectivity index (χ2n) is 3.78. The lowest BCUT2D eigenvalue weighted by Gasteiger charge is -2.21. The fraction of sp³-hybridized carbons (Fsp3) is 0.417. The SMILES string of the molecule is COc1ccc(C(=O)N(CCN)CC(F)F)c(F)c1. The van der Waals surface area contributed by atoms with Crippen LogP contribution in [0.3, 0.4) is 0 Å². The highest BCUT2D eigenvalue weighted by Gasteiger charge is 2.22. The minimum absolute atomic E-state index is 0.0240. The van der Waals surface area contributed by atoms with E-state index in [1.807, 2.05) is 0 Å². The molecule has 19 heavy (non-hydrogen) atoms. The number of nitrogens with zero attached hydrogens (tertiary/aromatic N) is 1. The molecule has 106 valence electrons. The van der Waals surface area contributed by atoms with Gasteiger partial charge in [0.2, 0.25) is 0 Å². The molecule has 2 N–H and O–H groups in total. The highest BCUT2D eigenvalue weighted by molar-refractivity contribution is 5.94. The van der Waals surface area contributed by atoms with Crippen LogP contribution in [0.5, 0.6) is 5.75 Å². The highest BCUT2D eigenvalue weighted by atomic mass is 19.3. The van der Waals surface area contributed by atoms with Crippen molar-refractivity contribution in [1.82, 2.24) is 4.90 Å². The first-order valence-corrected chi connectivity index (χ1v) is 5.60. The number of halogens is 3. The van der Waals surface area contributed by atoms with Gasteiger partial charge in [-0.1, -0.05) is 0 Å². The lowest BCUT2D eigenvalue weighted by Crippen LogP contribution is -2.39. The number of rotatable bonds is 6. The summed E-state index contributed by atoms with van der Waals surface area (Å²) in [6, 6.07) is 3.61. The minimum atomic E-state index is -2.70. The van der Waals surface area contributed by atoms with E-state index in [2.05, 4.69) is 0 Å². The molecule has 0 saturated heterocycles. The largest absolute Gasteiger partial charge is 0.497 e. The normalized spacial score (nSPS) is 10.6. The number of carbonyl (C=O) groups is 1. The van der Waals surface area contributed by atoms with Crippen LogP contribution in [0.2, 0.25) is 0 Å². The molecule has 1 rings (SSSR count). The number of alkyl halides is 2. The van der Waals surface area contributed by atoms with Crippen LogP contribution in [0.25, 0.3) is 0 Å². The predicted octanol–water partition coefficient (Wildman–Crippen LogP) is 1.50. The summed E-state index contributed by atoms with van der Waals surface area (Å²) in [5, 5.41) is 0. The van der Waals surface area contributed by atoms with Gasteiger partial charge in [-0.2, -0.15) is 0 Å². The molecule has 0 aliphatic rings. The third kappa shape index (κ3) is 4.13. The standard InChI is InChI=1S/C12H15F3N2O2/c1-19-8-2-3-9(10(13)6-8)12(18)17(5-4-16)7-11(14)15/h2-3,6,11H,4-5,7,16H2,1H3. The van der Waals surface area contributed by atoms with Crippen LogP contribution in [-0.4, -0.2) is 44.0 Å². The molecule has 1 amide bonds. The lowest BCUT2D eigenvalue weighted by molar-refractivity contribution is 0.0559. The Morgan fingerprint density at radius 3 is 2.63 bits per heavy atom. The average Bonchev–Trinajstić information content (AvgIpc) is 2.36. The summed E-state index contributed by atoms with van der Waals surface area (Å²) in [4.78, 5) is 12.8. The van der Waals surface area contributed by atoms with Gasteiger partial charge in [0.15, 0.2) is 0 Å². The molecule has 7 heteroatoms. The van der Waals surface area contributed by atoms with E-state index >= 15 is 0 Å². The Hall–Kier alpha value is -1.76. The van der Waals surface area contributed by atoms with Gasteiger partial charge in [-0.3, -0.25) is 4.79 Å². The fourth-order valence-corrected chi connectivity index (χ4v) is 1.56. The van der Waals surface area contributed by atoms with Crippen molar-refractivity contribution in [2.45, 2.75) is 6.43 Å². The monoisotopic (exact) mass is 276 g/mol. The predicted molar refractivity (Wildman–Crippen MR) is 63.9 cm³/mol. The summed E-state index contributed by atoms with van der Waals surface area (Å²) in [7, 11) is 1.35. The van der Waals surface area contributed by atoms with E-state index in [0.29, 0.717) is 0 Å². The molecule has 0 atom stereocenters. The maximum atomic E-state index is 13.7. The number of nitrogens with two attached hydrogens (primary N) is 1. The number of carbonyl (C=O) groups excluding carboxylic acids is 1. The van der Waals surface area contributed by atoms with Crippen molar-refractivity contribution >= 4 is 5.91 Å². The number of hydrogen-bond donors (Lipinski definition) is 1. The molecule has 0 radical (unpaired) electrons. The second kappa shape index (κ2) is 6.98. The summed E-state index contributed by atoms with van der Waals surface area (Å²) < 4.78 is 43.2. The lowest BCUT2D eigenvalue weighted by atomic mass is 10.1. The van der Waals surface area contributed by atoms with Crippen LogP contribution in [0.15, 0.2) is 18.2 Å². The van der Waals surface area contributed by atoms with Gasteiger partial charge in [-0.05, 0) is 12.1 Å². The second-order valence-corrected chi connectivity index (χ2v) is 3.78. The van der Waals surface area contributed by atoms with Crippen LogP contribution in [0.4, 0.5) is 13.2 Å². The summed E-state index contributed by atoms with van der Waals surface area (Å²) in [5.41, 5.74) is 4.97. The Labute approximate surface area is 108 Å². The molecule has 0 saturated carbocycles. The van der Waals surface area contributed by atoms with E-state index in [-0.39, 0.29) is 24.4 Å². The smallest absolute Gasteiger partial charge is 0.257 e. The van der Waals surface area contributed by atoms with E-state index in [4.69, 9.17) is 10.5 Å². The molecule has 0 fully saturated rings. The van der Waals surface area contributed by atoms with Gasteiger partial charge in [0.1, 0.15) is 11.6 Å². The summed E-state index contributed by atoms with van der Waals surface area (Å²) in [6.45, 7) is -0.813. The van der Waals surface area contributed by atoms with E-state index in [1.54, 1.807) is 0 Å². The zero-order valence-corrected chi connectivity index (χ0v) is 10.4. The molecule has 0 aromatic heterocycles. The zero-order valence-electron chi connectivity index (χ0n) is 10.4. The first-order chi connectivity index (χ1) is 8.99. The molecule has 1 aromatic rings. The Bertz CT molecular complexity index is 441. The maximum Gasteiger partial charge on any atom is 0.257 e. The van der Waals surface area contributed by atoms with Gasteiger partial charge in [-0.25, -0.2) is 13.2 Å². The van der Waals surface area contributed by atoms with E-state index < -0.39 is 24.7 Å². The quantitative estimate of drug-likeness (QED) is 0.856. The van der Waals surface area contributed by atoms with Crippen molar-refractivity contribution in [3.05, 3.63) is 29.6 Å². The number of benzene rings is 1. The molecule has 4 nitrogen and oxygen atoms in total. The zero-order chi connectivity index (χ0) is 14.4. The number of amides is 1. The molecule has 1 aromatic carbocycles. The van der Waals surface area contributed by atoms with Gasteiger partial charge in [0.25, 0.3) is 12.3 Å². The van der Waals surface area contributed by atoms with Crippen molar-refractivity contribution in [2.75, 3.05) is 26.7 Å². The Kier molecular flexibility index (Phi) is 5.62. The van der Waals surface area contributed by atoms with Gasteiger partial charge >= 0.3 is 0 Å². The van der Waals surface area contributed by atoms with Crippen LogP contribution < -0.4 is 10.5 Å². The van der Waals surface area contributed by atoms with Crippen LogP contribution >= 0.6 is 0 Å². The molecule has 0 bridgehead atoms. The first-order valence-electron chi connectivity index (χ1n) is 5.60. The molecule has 0 spiro atoms. The number of hydrogen-bond acceptors (Lipinski definition) is 3. The van der Waals surface area contributed by atoms with Crippen molar-refractivity contribution in [3.8, 4) is 5.75 Å². The minimum Gasteiger partial charge on any atom is -0.497 e. The maximum absolute atomic E-state index is 13.7. The van der Waals surface area contributed by atoms with Gasteiger partial charge < -0.3 is 15.4 Å². The van der Waals surface area contributed by atoms with Gasteiger partial charge in [-0.15, -0.1) is 0 Å². The molecule has 0 unspecified atom stereocenters. The Balaban J connectivity index is 2.95. The molecule has 0 heterocycles. The highest BCUT2D eigenvalue weighted by Crippen LogP contribution is 2.18. The van der Waals surface area contributed by atoms with Crippen molar-refractivity contribution < 1.29 is 22.7 Å². The van der Waals surface area contributed by atoms with E-state index in [0.717, 1.165) is 11.0 Å². The number of ether oxygens (including phenoxy) is 1. The van der Waals surface area contributed by atoms with Crippen molar-refractivity contribution in [3.63, 3.8) is 0 Å². The van der Waals surface area contributed by atoms with Crippen LogP contribution in [-0.2, 0) is 0 Å². The van der Waals surface area contributed by atoms with Crippen molar-refractivity contribution in [1.29, 1.82) is 0 Å². The molecule has 0 aliphatic heterocycles. The molecular formula is C12H15F3N2O2. The third-order valence-corrected chi connectivity index (χ3v) is 2.45. The Morgan fingerprint density at radius 1 is 1.47 bits per heavy atom. The molecular weight excluding hydrogens is 261 g/mol. The third-order valence-electron chi connectivity index (χ3n) is 2.45. The van der Waals surface area contributed by atoms with Gasteiger partial charge in [0, 0.05) is 19.2 Å². The summed E-state index contributed by atoms with van der Waals surface area (Å²) >= 11 is 0.